The lowest BCUT2D eigenvalue weighted by atomic mass is 9.78. The van der Waals surface area contributed by atoms with Crippen LogP contribution in [-0.4, -0.2) is 37.8 Å². The van der Waals surface area contributed by atoms with Crippen LogP contribution in [0.3, 0.4) is 0 Å². The molecule has 3 rings (SSSR count). The lowest BCUT2D eigenvalue weighted by molar-refractivity contribution is -0.154. The number of methoxy groups -OCH3 is 1. The third kappa shape index (κ3) is 3.22. The molecule has 2 unspecified atom stereocenters. The van der Waals surface area contributed by atoms with Crippen LogP contribution in [0, 0.1) is 5.41 Å². The molecule has 1 aliphatic carbocycles. The number of nitrogens with zero attached hydrogens (tertiary/aromatic N) is 1. The minimum atomic E-state index is -0.454. The van der Waals surface area contributed by atoms with E-state index in [-0.39, 0.29) is 18.0 Å². The van der Waals surface area contributed by atoms with Crippen LogP contribution < -0.4 is 5.32 Å². The normalized spacial score (nSPS) is 31.5. The molecule has 122 valence electrons. The summed E-state index contributed by atoms with van der Waals surface area (Å²) in [6, 6.07) is 0. The Morgan fingerprint density at radius 1 is 1.50 bits per heavy atom. The van der Waals surface area contributed by atoms with Crippen molar-refractivity contribution in [1.82, 2.24) is 10.3 Å². The fourth-order valence-electron chi connectivity index (χ4n) is 3.73. The van der Waals surface area contributed by atoms with Gasteiger partial charge in [-0.2, -0.15) is 0 Å². The molecule has 22 heavy (non-hydrogen) atoms. The highest BCUT2D eigenvalue weighted by atomic mass is 79.9. The van der Waals surface area contributed by atoms with E-state index in [1.165, 1.54) is 20.0 Å². The second-order valence-electron chi connectivity index (χ2n) is 6.29. The molecule has 1 aromatic rings. The zero-order valence-electron chi connectivity index (χ0n) is 12.7. The van der Waals surface area contributed by atoms with Crippen molar-refractivity contribution in [1.29, 1.82) is 0 Å². The van der Waals surface area contributed by atoms with E-state index in [0.29, 0.717) is 0 Å². The second kappa shape index (κ2) is 6.55. The summed E-state index contributed by atoms with van der Waals surface area (Å²) in [7, 11) is 1.39. The Labute approximate surface area is 142 Å². The molecule has 2 heterocycles. The van der Waals surface area contributed by atoms with Gasteiger partial charge in [-0.15, -0.1) is 11.3 Å². The van der Waals surface area contributed by atoms with Crippen LogP contribution in [0.5, 0.6) is 0 Å². The highest BCUT2D eigenvalue weighted by molar-refractivity contribution is 9.10. The van der Waals surface area contributed by atoms with Crippen molar-refractivity contribution in [3.63, 3.8) is 0 Å². The van der Waals surface area contributed by atoms with Crippen molar-refractivity contribution in [2.75, 3.05) is 26.8 Å². The third-order valence-corrected chi connectivity index (χ3v) is 6.58. The van der Waals surface area contributed by atoms with Crippen LogP contribution in [0.15, 0.2) is 9.98 Å². The van der Waals surface area contributed by atoms with Gasteiger partial charge in [0.2, 0.25) is 0 Å². The van der Waals surface area contributed by atoms with Gasteiger partial charge in [-0.1, -0.05) is 0 Å². The summed E-state index contributed by atoms with van der Waals surface area (Å²) in [4.78, 5) is 16.1. The number of nitrogens with one attached hydrogen (secondary N) is 1. The maximum Gasteiger partial charge on any atom is 0.331 e. The summed E-state index contributed by atoms with van der Waals surface area (Å²) in [5.74, 6) is -0.335. The van der Waals surface area contributed by atoms with Gasteiger partial charge in [-0.05, 0) is 60.0 Å². The number of carbonyl (C=O) groups is 1. The van der Waals surface area contributed by atoms with Crippen molar-refractivity contribution < 1.29 is 14.3 Å². The average molecular weight is 389 g/mol. The topological polar surface area (TPSA) is 60.5 Å². The Morgan fingerprint density at radius 3 is 3.00 bits per heavy atom. The number of halogens is 1. The number of aromatic nitrogens is 1. The van der Waals surface area contributed by atoms with Crippen LogP contribution in [0.4, 0.5) is 0 Å². The zero-order chi connectivity index (χ0) is 15.6. The first-order valence-electron chi connectivity index (χ1n) is 7.61. The molecule has 2 atom stereocenters. The zero-order valence-corrected chi connectivity index (χ0v) is 15.1. The molecule has 1 aliphatic heterocycles. The lowest BCUT2D eigenvalue weighted by Crippen LogP contribution is -2.40. The molecule has 1 aromatic heterocycles. The number of rotatable bonds is 4. The summed E-state index contributed by atoms with van der Waals surface area (Å²) >= 11 is 5.02. The molecule has 0 amide bonds. The smallest absolute Gasteiger partial charge is 0.331 e. The fourth-order valence-corrected chi connectivity index (χ4v) is 5.17. The molecule has 1 spiro atoms. The summed E-state index contributed by atoms with van der Waals surface area (Å²) in [5, 5.41) is 6.45. The van der Waals surface area contributed by atoms with Crippen LogP contribution >= 0.6 is 27.3 Å². The number of hydrogen-bond acceptors (Lipinski definition) is 6. The summed E-state index contributed by atoms with van der Waals surface area (Å²) < 4.78 is 11.7. The van der Waals surface area contributed by atoms with E-state index in [2.05, 4.69) is 26.2 Å². The number of esters is 1. The molecular formula is C15H21BrN2O3S. The van der Waals surface area contributed by atoms with Crippen LogP contribution in [0.1, 0.15) is 37.1 Å². The SMILES string of the molecule is COC(=O)COC1(c2nc(Br)cs2)CCC2(CCCNC2)C1. The first kappa shape index (κ1) is 16.4. The highest BCUT2D eigenvalue weighted by Crippen LogP contribution is 2.54. The van der Waals surface area contributed by atoms with E-state index in [1.807, 2.05) is 5.38 Å². The van der Waals surface area contributed by atoms with Gasteiger partial charge in [-0.25, -0.2) is 9.78 Å². The van der Waals surface area contributed by atoms with Crippen molar-refractivity contribution in [3.8, 4) is 0 Å². The molecule has 1 N–H and O–H groups in total. The van der Waals surface area contributed by atoms with Gasteiger partial charge in [0.1, 0.15) is 21.8 Å². The second-order valence-corrected chi connectivity index (χ2v) is 7.96. The van der Waals surface area contributed by atoms with Gasteiger partial charge < -0.3 is 14.8 Å². The molecule has 5 nitrogen and oxygen atoms in total. The molecular weight excluding hydrogens is 368 g/mol. The first-order chi connectivity index (χ1) is 10.6. The largest absolute Gasteiger partial charge is 0.467 e. The Kier molecular flexibility index (Phi) is 4.87. The standard InChI is InChI=1S/C15H21BrN2O3S/c1-20-12(19)7-21-15(13-18-11(16)8-22-13)5-4-14(9-15)3-2-6-17-10-14/h8,17H,2-7,9-10H2,1H3. The number of ether oxygens (including phenoxy) is 2. The van der Waals surface area contributed by atoms with Gasteiger partial charge in [0, 0.05) is 11.9 Å². The minimum Gasteiger partial charge on any atom is -0.467 e. The van der Waals surface area contributed by atoms with Crippen molar-refractivity contribution in [2.24, 2.45) is 5.41 Å². The van der Waals surface area contributed by atoms with Gasteiger partial charge in [0.15, 0.2) is 0 Å². The maximum absolute atomic E-state index is 11.5. The van der Waals surface area contributed by atoms with Crippen LogP contribution in [0.25, 0.3) is 0 Å². The van der Waals surface area contributed by atoms with Gasteiger partial charge in [0.25, 0.3) is 0 Å². The number of thiazole rings is 1. The van der Waals surface area contributed by atoms with E-state index in [1.54, 1.807) is 11.3 Å². The summed E-state index contributed by atoms with van der Waals surface area (Å²) in [6.45, 7) is 2.11. The quantitative estimate of drug-likeness (QED) is 0.803. The Balaban J connectivity index is 1.82. The van der Waals surface area contributed by atoms with Gasteiger partial charge in [0.05, 0.1) is 7.11 Å². The first-order valence-corrected chi connectivity index (χ1v) is 9.28. The maximum atomic E-state index is 11.5. The molecule has 0 bridgehead atoms. The number of hydrogen-bond donors (Lipinski definition) is 1. The van der Waals surface area contributed by atoms with Crippen molar-refractivity contribution >= 4 is 33.2 Å². The van der Waals surface area contributed by atoms with E-state index >= 15 is 0 Å². The Bertz CT molecular complexity index is 545. The fraction of sp³-hybridized carbons (Fsp3) is 0.733. The Hall–Kier alpha value is -0.500. The molecule has 2 fully saturated rings. The van der Waals surface area contributed by atoms with Crippen molar-refractivity contribution in [2.45, 2.75) is 37.7 Å². The minimum absolute atomic E-state index is 0.0167. The van der Waals surface area contributed by atoms with E-state index < -0.39 is 5.60 Å². The predicted octanol–water partition coefficient (Wildman–Crippen LogP) is 2.84. The molecule has 1 saturated heterocycles. The summed E-state index contributed by atoms with van der Waals surface area (Å²) in [5.41, 5.74) is -0.184. The van der Waals surface area contributed by atoms with Crippen LogP contribution in [0.2, 0.25) is 0 Å². The van der Waals surface area contributed by atoms with Crippen LogP contribution in [-0.2, 0) is 19.9 Å². The number of carbonyl (C=O) groups excluding carboxylic acids is 1. The van der Waals surface area contributed by atoms with Gasteiger partial charge in [-0.3, -0.25) is 0 Å². The van der Waals surface area contributed by atoms with E-state index in [9.17, 15) is 4.79 Å². The molecule has 0 aromatic carbocycles. The molecule has 1 saturated carbocycles. The number of piperidine rings is 1. The van der Waals surface area contributed by atoms with Gasteiger partial charge >= 0.3 is 5.97 Å². The molecule has 2 aliphatic rings. The van der Waals surface area contributed by atoms with E-state index in [0.717, 1.165) is 42.0 Å². The highest BCUT2D eigenvalue weighted by Gasteiger charge is 2.52. The van der Waals surface area contributed by atoms with E-state index in [4.69, 9.17) is 9.47 Å². The molecule has 7 heteroatoms. The Morgan fingerprint density at radius 2 is 2.36 bits per heavy atom. The lowest BCUT2D eigenvalue weighted by Gasteiger charge is -2.36. The third-order valence-electron chi connectivity index (χ3n) is 4.84. The predicted molar refractivity (Wildman–Crippen MR) is 87.8 cm³/mol. The summed E-state index contributed by atoms with van der Waals surface area (Å²) in [6.07, 6.45) is 5.36. The van der Waals surface area contributed by atoms with Crippen molar-refractivity contribution in [3.05, 3.63) is 15.0 Å². The molecule has 0 radical (unpaired) electrons. The monoisotopic (exact) mass is 388 g/mol. The average Bonchev–Trinajstić information content (AvgIpc) is 3.11.